The molecule has 0 radical (unpaired) electrons. The number of rotatable bonds is 7. The molecular weight excluding hydrogens is 364 g/mol. The first kappa shape index (κ1) is 20.1. The van der Waals surface area contributed by atoms with Gasteiger partial charge in [0.05, 0.1) is 0 Å². The molecule has 3 aromatic rings. The van der Waals surface area contributed by atoms with Crippen molar-refractivity contribution in [1.82, 2.24) is 0 Å². The Bertz CT molecular complexity index is 950. The van der Waals surface area contributed by atoms with Crippen LogP contribution < -0.4 is 15.4 Å². The van der Waals surface area contributed by atoms with E-state index >= 15 is 0 Å². The molecule has 2 amide bonds. The van der Waals surface area contributed by atoms with Crippen molar-refractivity contribution >= 4 is 23.2 Å². The van der Waals surface area contributed by atoms with E-state index in [0.29, 0.717) is 28.6 Å². The first-order valence-electron chi connectivity index (χ1n) is 9.50. The van der Waals surface area contributed by atoms with Crippen LogP contribution in [0, 0.1) is 0 Å². The number of carbonyl (C=O) groups excluding carboxylic acids is 2. The topological polar surface area (TPSA) is 67.4 Å². The monoisotopic (exact) mass is 388 g/mol. The van der Waals surface area contributed by atoms with E-state index in [9.17, 15) is 9.59 Å². The lowest BCUT2D eigenvalue weighted by Crippen LogP contribution is -2.20. The van der Waals surface area contributed by atoms with Crippen molar-refractivity contribution in [2.75, 3.05) is 17.2 Å². The maximum Gasteiger partial charge on any atom is 0.262 e. The van der Waals surface area contributed by atoms with Crippen LogP contribution in [0.15, 0.2) is 78.9 Å². The zero-order valence-electron chi connectivity index (χ0n) is 16.5. The fraction of sp³-hybridized carbons (Fsp3) is 0.167. The van der Waals surface area contributed by atoms with Crippen molar-refractivity contribution in [2.24, 2.45) is 0 Å². The van der Waals surface area contributed by atoms with Crippen LogP contribution in [-0.4, -0.2) is 18.4 Å². The summed E-state index contributed by atoms with van der Waals surface area (Å²) in [5.74, 6) is 0.676. The Balaban J connectivity index is 1.48. The first-order valence-corrected chi connectivity index (χ1v) is 9.50. The van der Waals surface area contributed by atoms with E-state index in [-0.39, 0.29) is 18.4 Å². The van der Waals surface area contributed by atoms with Crippen molar-refractivity contribution in [2.45, 2.75) is 19.8 Å². The van der Waals surface area contributed by atoms with Gasteiger partial charge in [-0.25, -0.2) is 0 Å². The molecular formula is C24H24N2O3. The number of anilines is 2. The van der Waals surface area contributed by atoms with Gasteiger partial charge in [-0.05, 0) is 60.0 Å². The molecule has 0 spiro atoms. The predicted octanol–water partition coefficient (Wildman–Crippen LogP) is 5.08. The summed E-state index contributed by atoms with van der Waals surface area (Å²) in [5.41, 5.74) is 3.09. The van der Waals surface area contributed by atoms with Crippen molar-refractivity contribution in [3.8, 4) is 5.75 Å². The van der Waals surface area contributed by atoms with E-state index in [0.717, 1.165) is 0 Å². The predicted molar refractivity (Wildman–Crippen MR) is 115 cm³/mol. The number of benzene rings is 3. The molecule has 29 heavy (non-hydrogen) atoms. The highest BCUT2D eigenvalue weighted by Gasteiger charge is 2.07. The summed E-state index contributed by atoms with van der Waals surface area (Å²) in [6.45, 7) is 4.18. The SMILES string of the molecule is CC(C)c1ccc(OCC(=O)Nc2ccc(NC(=O)c3ccccc3)cc2)cc1. The Kier molecular flexibility index (Phi) is 6.63. The van der Waals surface area contributed by atoms with Crippen molar-refractivity contribution in [3.63, 3.8) is 0 Å². The standard InChI is InChI=1S/C24H24N2O3/c1-17(2)18-8-14-22(15-9-18)29-16-23(27)25-20-10-12-21(13-11-20)26-24(28)19-6-4-3-5-7-19/h3-15,17H,16H2,1-2H3,(H,25,27)(H,26,28). The minimum absolute atomic E-state index is 0.0759. The van der Waals surface area contributed by atoms with E-state index in [1.165, 1.54) is 5.56 Å². The second-order valence-corrected chi connectivity index (χ2v) is 6.96. The van der Waals surface area contributed by atoms with Crippen molar-refractivity contribution < 1.29 is 14.3 Å². The molecule has 0 heterocycles. The maximum absolute atomic E-state index is 12.2. The third kappa shape index (κ3) is 5.94. The zero-order chi connectivity index (χ0) is 20.6. The fourth-order valence-corrected chi connectivity index (χ4v) is 2.72. The molecule has 3 aromatic carbocycles. The highest BCUT2D eigenvalue weighted by Crippen LogP contribution is 2.19. The van der Waals surface area contributed by atoms with Gasteiger partial charge in [-0.3, -0.25) is 9.59 Å². The minimum Gasteiger partial charge on any atom is -0.484 e. The smallest absolute Gasteiger partial charge is 0.262 e. The summed E-state index contributed by atoms with van der Waals surface area (Å²) < 4.78 is 5.53. The van der Waals surface area contributed by atoms with Gasteiger partial charge < -0.3 is 15.4 Å². The summed E-state index contributed by atoms with van der Waals surface area (Å²) in [4.78, 5) is 24.3. The number of nitrogens with one attached hydrogen (secondary N) is 2. The summed E-state index contributed by atoms with van der Waals surface area (Å²) in [6.07, 6.45) is 0. The molecule has 0 saturated heterocycles. The highest BCUT2D eigenvalue weighted by atomic mass is 16.5. The molecule has 0 saturated carbocycles. The van der Waals surface area contributed by atoms with E-state index in [2.05, 4.69) is 24.5 Å². The fourth-order valence-electron chi connectivity index (χ4n) is 2.72. The van der Waals surface area contributed by atoms with E-state index < -0.39 is 0 Å². The maximum atomic E-state index is 12.2. The average Bonchev–Trinajstić information content (AvgIpc) is 2.74. The molecule has 0 aliphatic carbocycles. The Morgan fingerprint density at radius 2 is 1.38 bits per heavy atom. The Morgan fingerprint density at radius 1 is 0.793 bits per heavy atom. The van der Waals surface area contributed by atoms with Gasteiger partial charge in [0.25, 0.3) is 11.8 Å². The molecule has 5 heteroatoms. The van der Waals surface area contributed by atoms with Crippen LogP contribution in [0.5, 0.6) is 5.75 Å². The summed E-state index contributed by atoms with van der Waals surface area (Å²) >= 11 is 0. The molecule has 0 aliphatic heterocycles. The van der Waals surface area contributed by atoms with Gasteiger partial charge in [-0.1, -0.05) is 44.2 Å². The number of hydrogen-bond acceptors (Lipinski definition) is 3. The first-order chi connectivity index (χ1) is 14.0. The van der Waals surface area contributed by atoms with Gasteiger partial charge in [0.1, 0.15) is 5.75 Å². The molecule has 0 atom stereocenters. The van der Waals surface area contributed by atoms with Gasteiger partial charge in [0.15, 0.2) is 6.61 Å². The van der Waals surface area contributed by atoms with E-state index in [1.807, 2.05) is 42.5 Å². The lowest BCUT2D eigenvalue weighted by molar-refractivity contribution is -0.118. The van der Waals surface area contributed by atoms with Crippen molar-refractivity contribution in [1.29, 1.82) is 0 Å². The normalized spacial score (nSPS) is 10.4. The van der Waals surface area contributed by atoms with Crippen LogP contribution in [0.25, 0.3) is 0 Å². The van der Waals surface area contributed by atoms with Crippen LogP contribution in [0.4, 0.5) is 11.4 Å². The molecule has 0 bridgehead atoms. The van der Waals surface area contributed by atoms with Gasteiger partial charge in [0.2, 0.25) is 0 Å². The summed E-state index contributed by atoms with van der Waals surface area (Å²) in [6, 6.07) is 23.7. The van der Waals surface area contributed by atoms with E-state index in [4.69, 9.17) is 4.74 Å². The molecule has 5 nitrogen and oxygen atoms in total. The molecule has 0 unspecified atom stereocenters. The number of carbonyl (C=O) groups is 2. The molecule has 148 valence electrons. The largest absolute Gasteiger partial charge is 0.484 e. The van der Waals surface area contributed by atoms with Gasteiger partial charge in [-0.15, -0.1) is 0 Å². The second-order valence-electron chi connectivity index (χ2n) is 6.96. The highest BCUT2D eigenvalue weighted by molar-refractivity contribution is 6.04. The van der Waals surface area contributed by atoms with Crippen LogP contribution in [-0.2, 0) is 4.79 Å². The Morgan fingerprint density at radius 3 is 1.97 bits per heavy atom. The van der Waals surface area contributed by atoms with Crippen LogP contribution >= 0.6 is 0 Å². The Hall–Kier alpha value is -3.60. The van der Waals surface area contributed by atoms with E-state index in [1.54, 1.807) is 36.4 Å². The lowest BCUT2D eigenvalue weighted by Gasteiger charge is -2.10. The molecule has 0 fully saturated rings. The number of hydrogen-bond donors (Lipinski definition) is 2. The quantitative estimate of drug-likeness (QED) is 0.593. The number of ether oxygens (including phenoxy) is 1. The lowest BCUT2D eigenvalue weighted by atomic mass is 10.0. The number of amides is 2. The molecule has 0 aliphatic rings. The van der Waals surface area contributed by atoms with Gasteiger partial charge >= 0.3 is 0 Å². The molecule has 0 aromatic heterocycles. The van der Waals surface area contributed by atoms with Crippen molar-refractivity contribution in [3.05, 3.63) is 90.0 Å². The minimum atomic E-state index is -0.251. The average molecular weight is 388 g/mol. The molecule has 2 N–H and O–H groups in total. The van der Waals surface area contributed by atoms with Crippen LogP contribution in [0.3, 0.4) is 0 Å². The van der Waals surface area contributed by atoms with Crippen LogP contribution in [0.1, 0.15) is 35.7 Å². The Labute approximate surface area is 170 Å². The molecule has 3 rings (SSSR count). The summed E-state index contributed by atoms with van der Waals surface area (Å²) in [5, 5.41) is 5.60. The zero-order valence-corrected chi connectivity index (χ0v) is 16.5. The summed E-state index contributed by atoms with van der Waals surface area (Å²) in [7, 11) is 0. The third-order valence-corrected chi connectivity index (χ3v) is 4.38. The second kappa shape index (κ2) is 9.55. The third-order valence-electron chi connectivity index (χ3n) is 4.38. The van der Waals surface area contributed by atoms with Crippen LogP contribution in [0.2, 0.25) is 0 Å². The van der Waals surface area contributed by atoms with Gasteiger partial charge in [0, 0.05) is 16.9 Å². The van der Waals surface area contributed by atoms with Gasteiger partial charge in [-0.2, -0.15) is 0 Å².